The Kier molecular flexibility index (Phi) is 3.84. The summed E-state index contributed by atoms with van der Waals surface area (Å²) < 4.78 is 5.53. The Bertz CT molecular complexity index is 643. The number of benzene rings is 1. The van der Waals surface area contributed by atoms with Gasteiger partial charge in [0.1, 0.15) is 11.5 Å². The molecule has 1 heterocycles. The second kappa shape index (κ2) is 5.41. The number of furan rings is 1. The third-order valence-corrected chi connectivity index (χ3v) is 3.39. The van der Waals surface area contributed by atoms with Crippen molar-refractivity contribution in [2.75, 3.05) is 5.32 Å². The number of nitrogens with one attached hydrogen (secondary N) is 1. The van der Waals surface area contributed by atoms with Crippen LogP contribution in [0.2, 0.25) is 0 Å². The summed E-state index contributed by atoms with van der Waals surface area (Å²) in [6, 6.07) is 7.38. The van der Waals surface area contributed by atoms with Gasteiger partial charge in [0.05, 0.1) is 11.6 Å². The summed E-state index contributed by atoms with van der Waals surface area (Å²) in [6.45, 7) is 7.72. The second-order valence-electron chi connectivity index (χ2n) is 5.07. The van der Waals surface area contributed by atoms with E-state index in [-0.39, 0.29) is 6.04 Å². The fourth-order valence-electron chi connectivity index (χ4n) is 2.40. The van der Waals surface area contributed by atoms with E-state index in [1.165, 1.54) is 0 Å². The lowest BCUT2D eigenvalue weighted by Crippen LogP contribution is -2.08. The normalized spacial score (nSPS) is 12.2. The van der Waals surface area contributed by atoms with Crippen molar-refractivity contribution in [3.63, 3.8) is 0 Å². The number of carbonyl (C=O) groups is 1. The van der Waals surface area contributed by atoms with E-state index < -0.39 is 5.97 Å². The fraction of sp³-hybridized carbons (Fsp3) is 0.312. The molecular formula is C16H19NO3. The summed E-state index contributed by atoms with van der Waals surface area (Å²) in [6.07, 6.45) is 0. The number of hydrogen-bond acceptors (Lipinski definition) is 3. The molecule has 0 aliphatic carbocycles. The molecule has 106 valence electrons. The largest absolute Gasteiger partial charge is 0.478 e. The predicted molar refractivity (Wildman–Crippen MR) is 78.4 cm³/mol. The molecule has 0 amide bonds. The highest BCUT2D eigenvalue weighted by atomic mass is 16.4. The van der Waals surface area contributed by atoms with Gasteiger partial charge < -0.3 is 14.8 Å². The number of hydrogen-bond donors (Lipinski definition) is 2. The van der Waals surface area contributed by atoms with Gasteiger partial charge in [-0.1, -0.05) is 0 Å². The number of anilines is 1. The van der Waals surface area contributed by atoms with Gasteiger partial charge in [-0.3, -0.25) is 0 Å². The van der Waals surface area contributed by atoms with E-state index in [2.05, 4.69) is 12.2 Å². The van der Waals surface area contributed by atoms with Gasteiger partial charge in [0.15, 0.2) is 0 Å². The van der Waals surface area contributed by atoms with E-state index in [1.54, 1.807) is 19.1 Å². The number of carboxylic acids is 1. The molecule has 0 aliphatic heterocycles. The monoisotopic (exact) mass is 273 g/mol. The quantitative estimate of drug-likeness (QED) is 0.881. The summed E-state index contributed by atoms with van der Waals surface area (Å²) in [5.41, 5.74) is 3.09. The molecule has 0 radical (unpaired) electrons. The Morgan fingerprint density at radius 2 is 1.95 bits per heavy atom. The Balaban J connectivity index is 2.20. The minimum Gasteiger partial charge on any atom is -0.478 e. The standard InChI is InChI=1S/C16H19NO3/c1-9-7-13(5-6-14(9)16(18)19)17-11(3)15-8-10(2)20-12(15)4/h5-8,11,17H,1-4H3,(H,18,19). The van der Waals surface area contributed by atoms with Crippen LogP contribution in [0.4, 0.5) is 5.69 Å². The van der Waals surface area contributed by atoms with Crippen molar-refractivity contribution in [2.24, 2.45) is 0 Å². The topological polar surface area (TPSA) is 62.5 Å². The number of carboxylic acid groups (broad SMARTS) is 1. The molecule has 20 heavy (non-hydrogen) atoms. The molecule has 0 spiro atoms. The molecule has 0 bridgehead atoms. The van der Waals surface area contributed by atoms with E-state index >= 15 is 0 Å². The lowest BCUT2D eigenvalue weighted by molar-refractivity contribution is 0.0696. The summed E-state index contributed by atoms with van der Waals surface area (Å²) in [5.74, 6) is 0.897. The van der Waals surface area contributed by atoms with Crippen LogP contribution in [0.15, 0.2) is 28.7 Å². The molecule has 0 aliphatic rings. The maximum atomic E-state index is 11.0. The van der Waals surface area contributed by atoms with E-state index in [0.29, 0.717) is 5.56 Å². The van der Waals surface area contributed by atoms with Gasteiger partial charge in [-0.2, -0.15) is 0 Å². The minimum absolute atomic E-state index is 0.0996. The zero-order valence-corrected chi connectivity index (χ0v) is 12.2. The van der Waals surface area contributed by atoms with Crippen molar-refractivity contribution in [3.8, 4) is 0 Å². The van der Waals surface area contributed by atoms with Crippen molar-refractivity contribution in [1.29, 1.82) is 0 Å². The number of aromatic carboxylic acids is 1. The SMILES string of the molecule is Cc1cc(C(C)Nc2ccc(C(=O)O)c(C)c2)c(C)o1. The van der Waals surface area contributed by atoms with Crippen LogP contribution in [0.1, 0.15) is 46.0 Å². The van der Waals surface area contributed by atoms with E-state index in [1.807, 2.05) is 26.0 Å². The average Bonchev–Trinajstić information content (AvgIpc) is 2.68. The molecule has 0 fully saturated rings. The average molecular weight is 273 g/mol. The lowest BCUT2D eigenvalue weighted by atomic mass is 10.1. The third-order valence-electron chi connectivity index (χ3n) is 3.39. The first-order chi connectivity index (χ1) is 9.38. The first-order valence-corrected chi connectivity index (χ1v) is 6.56. The molecular weight excluding hydrogens is 254 g/mol. The van der Waals surface area contributed by atoms with Gasteiger partial charge in [-0.05, 0) is 57.5 Å². The Morgan fingerprint density at radius 1 is 1.25 bits per heavy atom. The highest BCUT2D eigenvalue weighted by Crippen LogP contribution is 2.25. The first kappa shape index (κ1) is 14.2. The summed E-state index contributed by atoms with van der Waals surface area (Å²) >= 11 is 0. The molecule has 2 rings (SSSR count). The van der Waals surface area contributed by atoms with E-state index in [9.17, 15) is 4.79 Å². The maximum Gasteiger partial charge on any atom is 0.335 e. The van der Waals surface area contributed by atoms with Gasteiger partial charge >= 0.3 is 5.97 Å². The molecule has 0 saturated heterocycles. The van der Waals surface area contributed by atoms with E-state index in [0.717, 1.165) is 28.3 Å². The van der Waals surface area contributed by atoms with Crippen LogP contribution in [0, 0.1) is 20.8 Å². The van der Waals surface area contributed by atoms with Crippen LogP contribution >= 0.6 is 0 Å². The van der Waals surface area contributed by atoms with Crippen LogP contribution in [0.3, 0.4) is 0 Å². The first-order valence-electron chi connectivity index (χ1n) is 6.56. The fourth-order valence-corrected chi connectivity index (χ4v) is 2.40. The van der Waals surface area contributed by atoms with Crippen molar-refractivity contribution in [2.45, 2.75) is 33.7 Å². The van der Waals surface area contributed by atoms with Crippen LogP contribution in [0.25, 0.3) is 0 Å². The maximum absolute atomic E-state index is 11.0. The Labute approximate surface area is 118 Å². The van der Waals surface area contributed by atoms with Crippen LogP contribution in [0.5, 0.6) is 0 Å². The molecule has 1 aromatic carbocycles. The Hall–Kier alpha value is -2.23. The predicted octanol–water partition coefficient (Wildman–Crippen LogP) is 4.08. The molecule has 4 heteroatoms. The lowest BCUT2D eigenvalue weighted by Gasteiger charge is -2.15. The van der Waals surface area contributed by atoms with Crippen LogP contribution in [-0.2, 0) is 0 Å². The summed E-state index contributed by atoms with van der Waals surface area (Å²) in [7, 11) is 0. The van der Waals surface area contributed by atoms with Crippen LogP contribution < -0.4 is 5.32 Å². The van der Waals surface area contributed by atoms with Crippen molar-refractivity contribution in [1.82, 2.24) is 0 Å². The zero-order chi connectivity index (χ0) is 14.9. The van der Waals surface area contributed by atoms with Gasteiger partial charge in [0.2, 0.25) is 0 Å². The minimum atomic E-state index is -0.900. The second-order valence-corrected chi connectivity index (χ2v) is 5.07. The molecule has 0 saturated carbocycles. The third kappa shape index (κ3) is 2.85. The number of aryl methyl sites for hydroxylation is 3. The molecule has 1 atom stereocenters. The zero-order valence-electron chi connectivity index (χ0n) is 12.2. The highest BCUT2D eigenvalue weighted by molar-refractivity contribution is 5.89. The molecule has 2 N–H and O–H groups in total. The summed E-state index contributed by atoms with van der Waals surface area (Å²) in [4.78, 5) is 11.0. The van der Waals surface area contributed by atoms with Crippen molar-refractivity contribution < 1.29 is 14.3 Å². The Morgan fingerprint density at radius 3 is 2.45 bits per heavy atom. The van der Waals surface area contributed by atoms with E-state index in [4.69, 9.17) is 9.52 Å². The molecule has 4 nitrogen and oxygen atoms in total. The van der Waals surface area contributed by atoms with Gasteiger partial charge in [-0.15, -0.1) is 0 Å². The van der Waals surface area contributed by atoms with Crippen molar-refractivity contribution in [3.05, 3.63) is 52.5 Å². The highest BCUT2D eigenvalue weighted by Gasteiger charge is 2.13. The summed E-state index contributed by atoms with van der Waals surface area (Å²) in [5, 5.41) is 12.4. The van der Waals surface area contributed by atoms with Crippen molar-refractivity contribution >= 4 is 11.7 Å². The van der Waals surface area contributed by atoms with Gasteiger partial charge in [0, 0.05) is 11.3 Å². The van der Waals surface area contributed by atoms with Gasteiger partial charge in [0.25, 0.3) is 0 Å². The molecule has 2 aromatic rings. The molecule has 1 aromatic heterocycles. The van der Waals surface area contributed by atoms with Gasteiger partial charge in [-0.25, -0.2) is 4.79 Å². The number of rotatable bonds is 4. The molecule has 1 unspecified atom stereocenters. The smallest absolute Gasteiger partial charge is 0.335 e. The van der Waals surface area contributed by atoms with Crippen LogP contribution in [-0.4, -0.2) is 11.1 Å².